The van der Waals surface area contributed by atoms with Crippen LogP contribution in [0.3, 0.4) is 0 Å². The molecule has 0 bridgehead atoms. The van der Waals surface area contributed by atoms with Crippen LogP contribution in [-0.2, 0) is 6.42 Å². The molecule has 1 aromatic rings. The van der Waals surface area contributed by atoms with E-state index in [0.29, 0.717) is 0 Å². The van der Waals surface area contributed by atoms with Gasteiger partial charge in [0.15, 0.2) is 0 Å². The Balaban J connectivity index is 2.79. The second kappa shape index (κ2) is 4.13. The zero-order valence-electron chi connectivity index (χ0n) is 8.65. The van der Waals surface area contributed by atoms with Crippen molar-refractivity contribution in [3.05, 3.63) is 47.2 Å². The Morgan fingerprint density at radius 3 is 2.54 bits per heavy atom. The first kappa shape index (κ1) is 9.85. The first-order valence-electron chi connectivity index (χ1n) is 4.55. The third kappa shape index (κ3) is 2.62. The summed E-state index contributed by atoms with van der Waals surface area (Å²) in [6, 6.07) is 6.54. The van der Waals surface area contributed by atoms with E-state index in [-0.39, 0.29) is 0 Å². The molecule has 1 N–H and O–H groups in total. The molecule has 0 saturated carbocycles. The Morgan fingerprint density at radius 1 is 1.31 bits per heavy atom. The van der Waals surface area contributed by atoms with Gasteiger partial charge in [0.2, 0.25) is 0 Å². The second-order valence-corrected chi connectivity index (χ2v) is 3.45. The van der Waals surface area contributed by atoms with Crippen molar-refractivity contribution in [2.24, 2.45) is 0 Å². The van der Waals surface area contributed by atoms with E-state index < -0.39 is 0 Å². The van der Waals surface area contributed by atoms with Gasteiger partial charge in [0, 0.05) is 19.2 Å². The Kier molecular flexibility index (Phi) is 3.13. The molecule has 0 atom stereocenters. The molecule has 0 radical (unpaired) electrons. The standard InChI is InChI=1S/C12H17N/c1-9-5-6-12(7-10(9)2)8-11(3)13-4/h5-7,13H,3,8H2,1-2,4H3. The highest BCUT2D eigenvalue weighted by molar-refractivity contribution is 5.31. The van der Waals surface area contributed by atoms with E-state index in [2.05, 4.69) is 43.9 Å². The third-order valence-electron chi connectivity index (χ3n) is 2.34. The molecule has 0 aliphatic rings. The highest BCUT2D eigenvalue weighted by atomic mass is 14.8. The average molecular weight is 175 g/mol. The number of benzene rings is 1. The van der Waals surface area contributed by atoms with Crippen LogP contribution in [0.25, 0.3) is 0 Å². The largest absolute Gasteiger partial charge is 0.392 e. The van der Waals surface area contributed by atoms with Gasteiger partial charge in [0.25, 0.3) is 0 Å². The average Bonchev–Trinajstić information content (AvgIpc) is 2.11. The van der Waals surface area contributed by atoms with Crippen LogP contribution >= 0.6 is 0 Å². The second-order valence-electron chi connectivity index (χ2n) is 3.45. The number of rotatable bonds is 3. The van der Waals surface area contributed by atoms with E-state index in [4.69, 9.17) is 0 Å². The van der Waals surface area contributed by atoms with E-state index in [1.165, 1.54) is 16.7 Å². The quantitative estimate of drug-likeness (QED) is 0.744. The predicted molar refractivity (Wildman–Crippen MR) is 57.8 cm³/mol. The molecule has 13 heavy (non-hydrogen) atoms. The van der Waals surface area contributed by atoms with Gasteiger partial charge in [-0.25, -0.2) is 0 Å². The van der Waals surface area contributed by atoms with Gasteiger partial charge in [0.1, 0.15) is 0 Å². The van der Waals surface area contributed by atoms with E-state index in [0.717, 1.165) is 12.1 Å². The summed E-state index contributed by atoms with van der Waals surface area (Å²) in [6.45, 7) is 8.18. The summed E-state index contributed by atoms with van der Waals surface area (Å²) in [5.41, 5.74) is 5.07. The van der Waals surface area contributed by atoms with Crippen LogP contribution in [0, 0.1) is 13.8 Å². The first-order chi connectivity index (χ1) is 6.13. The predicted octanol–water partition coefficient (Wildman–Crippen LogP) is 2.58. The van der Waals surface area contributed by atoms with Crippen molar-refractivity contribution in [1.29, 1.82) is 0 Å². The smallest absolute Gasteiger partial charge is 0.0117 e. The molecule has 0 aliphatic carbocycles. The van der Waals surface area contributed by atoms with Gasteiger partial charge in [-0.3, -0.25) is 0 Å². The van der Waals surface area contributed by atoms with E-state index in [1.807, 2.05) is 7.05 Å². The van der Waals surface area contributed by atoms with Crippen LogP contribution in [0.1, 0.15) is 16.7 Å². The fraction of sp³-hybridized carbons (Fsp3) is 0.333. The van der Waals surface area contributed by atoms with E-state index in [9.17, 15) is 0 Å². The SMILES string of the molecule is C=C(Cc1ccc(C)c(C)c1)NC. The minimum absolute atomic E-state index is 0.914. The van der Waals surface area contributed by atoms with Crippen LogP contribution in [0.15, 0.2) is 30.5 Å². The summed E-state index contributed by atoms with van der Waals surface area (Å²) < 4.78 is 0. The molecule has 1 aromatic carbocycles. The molecule has 0 fully saturated rings. The number of hydrogen-bond donors (Lipinski definition) is 1. The number of allylic oxidation sites excluding steroid dienone is 1. The molecule has 0 aliphatic heterocycles. The van der Waals surface area contributed by atoms with Crippen LogP contribution in [0.4, 0.5) is 0 Å². The van der Waals surface area contributed by atoms with E-state index >= 15 is 0 Å². The summed E-state index contributed by atoms with van der Waals surface area (Å²) in [4.78, 5) is 0. The minimum atomic E-state index is 0.914. The van der Waals surface area contributed by atoms with Crippen molar-refractivity contribution >= 4 is 0 Å². The Bertz CT molecular complexity index is 313. The maximum Gasteiger partial charge on any atom is 0.0117 e. The summed E-state index contributed by atoms with van der Waals surface area (Å²) in [6.07, 6.45) is 0.914. The third-order valence-corrected chi connectivity index (χ3v) is 2.34. The summed E-state index contributed by atoms with van der Waals surface area (Å²) in [5, 5.41) is 3.05. The molecule has 1 heteroatoms. The normalized spacial score (nSPS) is 9.77. The van der Waals surface area contributed by atoms with Crippen molar-refractivity contribution in [3.63, 3.8) is 0 Å². The molecular formula is C12H17N. The Hall–Kier alpha value is -1.24. The molecule has 0 unspecified atom stereocenters. The molecule has 0 saturated heterocycles. The molecule has 0 aromatic heterocycles. The van der Waals surface area contributed by atoms with Gasteiger partial charge >= 0.3 is 0 Å². The molecule has 1 rings (SSSR count). The van der Waals surface area contributed by atoms with Crippen LogP contribution in [0.5, 0.6) is 0 Å². The molecule has 0 amide bonds. The maximum absolute atomic E-state index is 3.91. The van der Waals surface area contributed by atoms with Gasteiger partial charge in [0.05, 0.1) is 0 Å². The maximum atomic E-state index is 3.91. The molecule has 70 valence electrons. The lowest BCUT2D eigenvalue weighted by Crippen LogP contribution is -2.06. The van der Waals surface area contributed by atoms with Crippen LogP contribution < -0.4 is 5.32 Å². The number of aryl methyl sites for hydroxylation is 2. The Morgan fingerprint density at radius 2 is 2.00 bits per heavy atom. The summed E-state index contributed by atoms with van der Waals surface area (Å²) in [5.74, 6) is 0. The lowest BCUT2D eigenvalue weighted by molar-refractivity contribution is 0.927. The van der Waals surface area contributed by atoms with Gasteiger partial charge in [-0.05, 0) is 30.5 Å². The highest BCUT2D eigenvalue weighted by Gasteiger charge is 1.97. The van der Waals surface area contributed by atoms with Crippen LogP contribution in [-0.4, -0.2) is 7.05 Å². The fourth-order valence-corrected chi connectivity index (χ4v) is 1.25. The van der Waals surface area contributed by atoms with Crippen molar-refractivity contribution in [2.45, 2.75) is 20.3 Å². The zero-order valence-corrected chi connectivity index (χ0v) is 8.65. The van der Waals surface area contributed by atoms with Gasteiger partial charge < -0.3 is 5.32 Å². The monoisotopic (exact) mass is 175 g/mol. The number of hydrogen-bond acceptors (Lipinski definition) is 1. The van der Waals surface area contributed by atoms with Gasteiger partial charge in [-0.2, -0.15) is 0 Å². The lowest BCUT2D eigenvalue weighted by atomic mass is 10.0. The first-order valence-corrected chi connectivity index (χ1v) is 4.55. The van der Waals surface area contributed by atoms with Crippen molar-refractivity contribution in [3.8, 4) is 0 Å². The summed E-state index contributed by atoms with van der Waals surface area (Å²) >= 11 is 0. The molecule has 0 heterocycles. The lowest BCUT2D eigenvalue weighted by Gasteiger charge is -2.07. The van der Waals surface area contributed by atoms with E-state index in [1.54, 1.807) is 0 Å². The zero-order chi connectivity index (χ0) is 9.84. The molecule has 1 nitrogen and oxygen atoms in total. The van der Waals surface area contributed by atoms with Gasteiger partial charge in [-0.1, -0.05) is 24.8 Å². The van der Waals surface area contributed by atoms with Crippen molar-refractivity contribution in [1.82, 2.24) is 5.32 Å². The Labute approximate surface area is 80.5 Å². The summed E-state index contributed by atoms with van der Waals surface area (Å²) in [7, 11) is 1.91. The van der Waals surface area contributed by atoms with Crippen molar-refractivity contribution < 1.29 is 0 Å². The van der Waals surface area contributed by atoms with Crippen LogP contribution in [0.2, 0.25) is 0 Å². The molecular weight excluding hydrogens is 158 g/mol. The number of likely N-dealkylation sites (N-methyl/N-ethyl adjacent to an activating group) is 1. The topological polar surface area (TPSA) is 12.0 Å². The minimum Gasteiger partial charge on any atom is -0.392 e. The van der Waals surface area contributed by atoms with Crippen molar-refractivity contribution in [2.75, 3.05) is 7.05 Å². The highest BCUT2D eigenvalue weighted by Crippen LogP contribution is 2.11. The fourth-order valence-electron chi connectivity index (χ4n) is 1.25. The number of nitrogens with one attached hydrogen (secondary N) is 1. The van der Waals surface area contributed by atoms with Gasteiger partial charge in [-0.15, -0.1) is 0 Å². The molecule has 0 spiro atoms.